The largest absolute Gasteiger partial charge is 0.379 e. The predicted molar refractivity (Wildman–Crippen MR) is 91.8 cm³/mol. The van der Waals surface area contributed by atoms with Gasteiger partial charge in [-0.15, -0.1) is 0 Å². The van der Waals surface area contributed by atoms with Gasteiger partial charge in [0.25, 0.3) is 0 Å². The standard InChI is InChI=1S/C18H26FN3O2/c1-20-18(21-8-4-9-24-13-7-10-23-12-13)22-17-11-15(17)14-5-2-3-6-16(14)19/h2-3,5-6,13,15,17H,4,7-12H2,1H3,(H2,20,21,22). The van der Waals surface area contributed by atoms with Gasteiger partial charge in [0.05, 0.1) is 12.7 Å². The van der Waals surface area contributed by atoms with E-state index >= 15 is 0 Å². The number of hydrogen-bond acceptors (Lipinski definition) is 3. The second-order valence-corrected chi connectivity index (χ2v) is 6.32. The maximum atomic E-state index is 13.8. The SMILES string of the molecule is CN=C(NCCCOC1CCOC1)NC1CC1c1ccccc1F. The first-order chi connectivity index (χ1) is 11.8. The zero-order valence-corrected chi connectivity index (χ0v) is 14.1. The fourth-order valence-electron chi connectivity index (χ4n) is 3.02. The van der Waals surface area contributed by atoms with Crippen molar-refractivity contribution in [3.05, 3.63) is 35.6 Å². The lowest BCUT2D eigenvalue weighted by atomic mass is 10.1. The fraction of sp³-hybridized carbons (Fsp3) is 0.611. The molecule has 132 valence electrons. The highest BCUT2D eigenvalue weighted by atomic mass is 19.1. The number of rotatable bonds is 7. The van der Waals surface area contributed by atoms with E-state index in [0.717, 1.165) is 57.2 Å². The zero-order valence-electron chi connectivity index (χ0n) is 14.1. The molecule has 0 bridgehead atoms. The third-order valence-corrected chi connectivity index (χ3v) is 4.50. The minimum atomic E-state index is -0.122. The molecule has 1 aliphatic carbocycles. The molecule has 3 unspecified atom stereocenters. The molecule has 1 heterocycles. The first kappa shape index (κ1) is 17.2. The molecule has 3 atom stereocenters. The Labute approximate surface area is 142 Å². The van der Waals surface area contributed by atoms with E-state index in [9.17, 15) is 4.39 Å². The third-order valence-electron chi connectivity index (χ3n) is 4.50. The summed E-state index contributed by atoms with van der Waals surface area (Å²) in [6.07, 6.45) is 3.11. The molecule has 2 N–H and O–H groups in total. The summed E-state index contributed by atoms with van der Waals surface area (Å²) in [5.41, 5.74) is 0.789. The topological polar surface area (TPSA) is 54.9 Å². The molecule has 3 rings (SSSR count). The van der Waals surface area contributed by atoms with Crippen molar-refractivity contribution in [2.24, 2.45) is 4.99 Å². The van der Waals surface area contributed by atoms with Crippen LogP contribution in [-0.2, 0) is 9.47 Å². The van der Waals surface area contributed by atoms with Gasteiger partial charge in [0.1, 0.15) is 5.82 Å². The summed E-state index contributed by atoms with van der Waals surface area (Å²) < 4.78 is 24.8. The minimum absolute atomic E-state index is 0.122. The molecule has 24 heavy (non-hydrogen) atoms. The van der Waals surface area contributed by atoms with Gasteiger partial charge >= 0.3 is 0 Å². The monoisotopic (exact) mass is 335 g/mol. The average molecular weight is 335 g/mol. The molecule has 1 aromatic carbocycles. The highest BCUT2D eigenvalue weighted by Gasteiger charge is 2.40. The maximum Gasteiger partial charge on any atom is 0.191 e. The Hall–Kier alpha value is -1.66. The molecule has 6 heteroatoms. The smallest absolute Gasteiger partial charge is 0.191 e. The summed E-state index contributed by atoms with van der Waals surface area (Å²) >= 11 is 0. The lowest BCUT2D eigenvalue weighted by Gasteiger charge is -2.13. The molecular weight excluding hydrogens is 309 g/mol. The van der Waals surface area contributed by atoms with Crippen LogP contribution in [0.3, 0.4) is 0 Å². The summed E-state index contributed by atoms with van der Waals surface area (Å²) in [5.74, 6) is 0.876. The molecule has 0 amide bonds. The molecule has 2 fully saturated rings. The Balaban J connectivity index is 1.33. The molecule has 2 aliphatic rings. The Kier molecular flexibility index (Phi) is 6.04. The minimum Gasteiger partial charge on any atom is -0.379 e. The summed E-state index contributed by atoms with van der Waals surface area (Å²) in [7, 11) is 1.75. The third kappa shape index (κ3) is 4.68. The van der Waals surface area contributed by atoms with Crippen LogP contribution in [0.4, 0.5) is 4.39 Å². The number of aliphatic imine (C=N–C) groups is 1. The highest BCUT2D eigenvalue weighted by Crippen LogP contribution is 2.41. The average Bonchev–Trinajstić information content (AvgIpc) is 3.14. The highest BCUT2D eigenvalue weighted by molar-refractivity contribution is 5.80. The van der Waals surface area contributed by atoms with Crippen LogP contribution in [0.15, 0.2) is 29.3 Å². The molecule has 0 aromatic heterocycles. The van der Waals surface area contributed by atoms with Crippen molar-refractivity contribution in [1.29, 1.82) is 0 Å². The van der Waals surface area contributed by atoms with Crippen LogP contribution in [0.2, 0.25) is 0 Å². The lowest BCUT2D eigenvalue weighted by Crippen LogP contribution is -2.39. The van der Waals surface area contributed by atoms with Gasteiger partial charge in [-0.2, -0.15) is 0 Å². The van der Waals surface area contributed by atoms with Gasteiger partial charge in [-0.25, -0.2) is 4.39 Å². The number of hydrogen-bond donors (Lipinski definition) is 2. The maximum absolute atomic E-state index is 13.8. The van der Waals surface area contributed by atoms with Crippen molar-refractivity contribution >= 4 is 5.96 Å². The number of guanidine groups is 1. The summed E-state index contributed by atoms with van der Waals surface area (Å²) in [6, 6.07) is 7.25. The second-order valence-electron chi connectivity index (χ2n) is 6.32. The van der Waals surface area contributed by atoms with E-state index in [0.29, 0.717) is 0 Å². The van der Waals surface area contributed by atoms with E-state index in [1.165, 1.54) is 6.07 Å². The number of ether oxygens (including phenoxy) is 2. The van der Waals surface area contributed by atoms with Crippen LogP contribution in [0.5, 0.6) is 0 Å². The number of nitrogens with one attached hydrogen (secondary N) is 2. The van der Waals surface area contributed by atoms with E-state index in [1.54, 1.807) is 13.1 Å². The van der Waals surface area contributed by atoms with Crippen molar-refractivity contribution in [2.75, 3.05) is 33.4 Å². The van der Waals surface area contributed by atoms with Crippen LogP contribution in [0.25, 0.3) is 0 Å². The van der Waals surface area contributed by atoms with Gasteiger partial charge in [0.2, 0.25) is 0 Å². The van der Waals surface area contributed by atoms with Crippen molar-refractivity contribution in [3.8, 4) is 0 Å². The van der Waals surface area contributed by atoms with E-state index < -0.39 is 0 Å². The molecule has 5 nitrogen and oxygen atoms in total. The summed E-state index contributed by atoms with van der Waals surface area (Å²) in [5, 5.41) is 6.65. The normalized spacial score (nSPS) is 26.4. The van der Waals surface area contributed by atoms with Crippen molar-refractivity contribution in [2.45, 2.75) is 37.3 Å². The summed E-state index contributed by atoms with van der Waals surface area (Å²) in [6.45, 7) is 3.05. The van der Waals surface area contributed by atoms with Crippen molar-refractivity contribution in [3.63, 3.8) is 0 Å². The van der Waals surface area contributed by atoms with Crippen LogP contribution in [-0.4, -0.2) is 51.5 Å². The van der Waals surface area contributed by atoms with Crippen LogP contribution < -0.4 is 10.6 Å². The van der Waals surface area contributed by atoms with Gasteiger partial charge in [-0.3, -0.25) is 4.99 Å². The first-order valence-electron chi connectivity index (χ1n) is 8.69. The Morgan fingerprint density at radius 2 is 2.29 bits per heavy atom. The molecular formula is C18H26FN3O2. The van der Waals surface area contributed by atoms with Gasteiger partial charge in [-0.05, 0) is 30.9 Å². The first-order valence-corrected chi connectivity index (χ1v) is 8.69. The Morgan fingerprint density at radius 3 is 3.04 bits per heavy atom. The quantitative estimate of drug-likeness (QED) is 0.455. The Morgan fingerprint density at radius 1 is 1.42 bits per heavy atom. The van der Waals surface area contributed by atoms with Crippen LogP contribution in [0.1, 0.15) is 30.7 Å². The zero-order chi connectivity index (χ0) is 16.8. The van der Waals surface area contributed by atoms with E-state index in [-0.39, 0.29) is 23.9 Å². The van der Waals surface area contributed by atoms with Gasteiger partial charge < -0.3 is 20.1 Å². The van der Waals surface area contributed by atoms with Gasteiger partial charge in [0.15, 0.2) is 5.96 Å². The molecule has 1 saturated heterocycles. The van der Waals surface area contributed by atoms with E-state index in [2.05, 4.69) is 15.6 Å². The van der Waals surface area contributed by atoms with Crippen molar-refractivity contribution in [1.82, 2.24) is 10.6 Å². The van der Waals surface area contributed by atoms with Crippen LogP contribution >= 0.6 is 0 Å². The van der Waals surface area contributed by atoms with Crippen molar-refractivity contribution < 1.29 is 13.9 Å². The second kappa shape index (κ2) is 8.44. The van der Waals surface area contributed by atoms with Crippen LogP contribution in [0, 0.1) is 5.82 Å². The molecule has 0 spiro atoms. The Bertz CT molecular complexity index is 561. The lowest BCUT2D eigenvalue weighted by molar-refractivity contribution is 0.0420. The molecule has 1 aromatic rings. The van der Waals surface area contributed by atoms with Gasteiger partial charge in [0, 0.05) is 38.8 Å². The number of benzene rings is 1. The fourth-order valence-corrected chi connectivity index (χ4v) is 3.02. The van der Waals surface area contributed by atoms with E-state index in [1.807, 2.05) is 12.1 Å². The van der Waals surface area contributed by atoms with Gasteiger partial charge in [-0.1, -0.05) is 18.2 Å². The molecule has 1 saturated carbocycles. The number of nitrogens with zero attached hydrogens (tertiary/aromatic N) is 1. The van der Waals surface area contributed by atoms with E-state index in [4.69, 9.17) is 9.47 Å². The number of halogens is 1. The molecule has 1 aliphatic heterocycles. The predicted octanol–water partition coefficient (Wildman–Crippen LogP) is 2.04. The summed E-state index contributed by atoms with van der Waals surface area (Å²) in [4.78, 5) is 4.23. The molecule has 0 radical (unpaired) electrons.